The van der Waals surface area contributed by atoms with Crippen molar-refractivity contribution >= 4 is 16.0 Å². The van der Waals surface area contributed by atoms with Crippen LogP contribution in [0.3, 0.4) is 0 Å². The van der Waals surface area contributed by atoms with E-state index in [2.05, 4.69) is 24.4 Å². The average molecular weight is 428 g/mol. The summed E-state index contributed by atoms with van der Waals surface area (Å²) < 4.78 is 28.3. The van der Waals surface area contributed by atoms with Gasteiger partial charge in [-0.15, -0.1) is 0 Å². The zero-order valence-electron chi connectivity index (χ0n) is 18.8. The molecule has 0 unspecified atom stereocenters. The van der Waals surface area contributed by atoms with Gasteiger partial charge in [-0.3, -0.25) is 4.79 Å². The summed E-state index contributed by atoms with van der Waals surface area (Å²) in [5.41, 5.74) is 0. The van der Waals surface area contributed by atoms with E-state index in [1.54, 1.807) is 7.05 Å². The van der Waals surface area contributed by atoms with Crippen LogP contribution in [0.4, 0.5) is 0 Å². The second-order valence-corrected chi connectivity index (χ2v) is 8.55. The summed E-state index contributed by atoms with van der Waals surface area (Å²) in [5, 5.41) is 2.67. The van der Waals surface area contributed by atoms with E-state index in [0.717, 1.165) is 6.42 Å². The molecular weight excluding hydrogens is 385 g/mol. The number of carbonyl (C=O) groups is 1. The first-order valence-electron chi connectivity index (χ1n) is 10.7. The molecule has 1 amide bonds. The van der Waals surface area contributed by atoms with Crippen LogP contribution in [0.2, 0.25) is 0 Å². The molecule has 1 N–H and O–H groups in total. The number of allylic oxidation sites excluding steroid dienone is 2. The summed E-state index contributed by atoms with van der Waals surface area (Å²) in [6, 6.07) is 0. The molecule has 0 aromatic rings. The molecular formula is C21H42NNaO4S. The van der Waals surface area contributed by atoms with Crippen molar-refractivity contribution in [1.82, 2.24) is 5.32 Å². The Morgan fingerprint density at radius 3 is 1.61 bits per heavy atom. The fourth-order valence-electron chi connectivity index (χ4n) is 2.48. The molecule has 0 spiro atoms. The molecule has 0 saturated heterocycles. The first-order chi connectivity index (χ1) is 12.9. The van der Waals surface area contributed by atoms with Crippen LogP contribution in [0.15, 0.2) is 12.2 Å². The monoisotopic (exact) mass is 427 g/mol. The topological polar surface area (TPSA) is 86.3 Å². The molecule has 28 heavy (non-hydrogen) atoms. The van der Waals surface area contributed by atoms with Gasteiger partial charge in [0.1, 0.15) is 0 Å². The van der Waals surface area contributed by atoms with Gasteiger partial charge in [-0.05, 0) is 32.1 Å². The number of nitrogens with one attached hydrogen (secondary N) is 1. The molecule has 0 aliphatic rings. The second kappa shape index (κ2) is 25.2. The van der Waals surface area contributed by atoms with Gasteiger partial charge in [0.25, 0.3) is 0 Å². The Balaban J connectivity index is -0.000000771. The third-order valence-corrected chi connectivity index (χ3v) is 5.01. The van der Waals surface area contributed by atoms with Crippen LogP contribution in [0.25, 0.3) is 0 Å². The van der Waals surface area contributed by atoms with E-state index >= 15 is 0 Å². The fraction of sp³-hybridized carbons (Fsp3) is 0.857. The number of amides is 1. The molecule has 0 saturated carbocycles. The largest absolute Gasteiger partial charge is 1.00 e. The maximum absolute atomic E-state index is 11.0. The molecule has 0 heterocycles. The van der Waals surface area contributed by atoms with Gasteiger partial charge in [-0.1, -0.05) is 77.4 Å². The SMILES string of the molecule is CCCCCCCC/C=C\CCCCCCCC(=O)NC.CCS(=O)(=O)[O-].[Na+]. The van der Waals surface area contributed by atoms with Gasteiger partial charge in [0.2, 0.25) is 5.91 Å². The summed E-state index contributed by atoms with van der Waals surface area (Å²) in [7, 11) is -2.20. The van der Waals surface area contributed by atoms with Crippen molar-refractivity contribution in [2.24, 2.45) is 0 Å². The molecule has 7 heteroatoms. The van der Waals surface area contributed by atoms with Crippen LogP contribution in [0.5, 0.6) is 0 Å². The van der Waals surface area contributed by atoms with Crippen molar-refractivity contribution in [2.45, 2.75) is 104 Å². The minimum atomic E-state index is -3.91. The van der Waals surface area contributed by atoms with E-state index in [9.17, 15) is 17.8 Å². The van der Waals surface area contributed by atoms with Crippen LogP contribution < -0.4 is 34.9 Å². The summed E-state index contributed by atoms with van der Waals surface area (Å²) >= 11 is 0. The van der Waals surface area contributed by atoms with Gasteiger partial charge in [0.05, 0.1) is 10.1 Å². The Morgan fingerprint density at radius 2 is 1.21 bits per heavy atom. The van der Waals surface area contributed by atoms with E-state index < -0.39 is 10.1 Å². The Bertz CT molecular complexity index is 453. The van der Waals surface area contributed by atoms with Crippen molar-refractivity contribution in [3.63, 3.8) is 0 Å². The van der Waals surface area contributed by atoms with Crippen LogP contribution in [-0.4, -0.2) is 31.7 Å². The van der Waals surface area contributed by atoms with Gasteiger partial charge < -0.3 is 9.87 Å². The Kier molecular flexibility index (Phi) is 29.4. The first-order valence-corrected chi connectivity index (χ1v) is 12.2. The number of rotatable bonds is 16. The Morgan fingerprint density at radius 1 is 0.821 bits per heavy atom. The van der Waals surface area contributed by atoms with E-state index in [1.807, 2.05) is 0 Å². The average Bonchev–Trinajstić information content (AvgIpc) is 2.64. The fourth-order valence-corrected chi connectivity index (χ4v) is 2.48. The predicted molar refractivity (Wildman–Crippen MR) is 114 cm³/mol. The molecule has 0 rings (SSSR count). The molecule has 5 nitrogen and oxygen atoms in total. The number of hydrogen-bond acceptors (Lipinski definition) is 4. The summed E-state index contributed by atoms with van der Waals surface area (Å²) in [6.07, 6.45) is 22.3. The summed E-state index contributed by atoms with van der Waals surface area (Å²) in [6.45, 7) is 3.58. The molecule has 0 atom stereocenters. The van der Waals surface area contributed by atoms with E-state index in [0.29, 0.717) is 6.42 Å². The number of unbranched alkanes of at least 4 members (excludes halogenated alkanes) is 11. The van der Waals surface area contributed by atoms with Gasteiger partial charge in [-0.25, -0.2) is 8.42 Å². The molecule has 0 aliphatic carbocycles. The molecule has 0 aromatic heterocycles. The van der Waals surface area contributed by atoms with Crippen LogP contribution in [0.1, 0.15) is 104 Å². The quantitative estimate of drug-likeness (QED) is 0.177. The van der Waals surface area contributed by atoms with Crippen molar-refractivity contribution < 1.29 is 47.3 Å². The summed E-state index contributed by atoms with van der Waals surface area (Å²) in [5.74, 6) is -0.139. The molecule has 162 valence electrons. The number of carbonyl (C=O) groups excluding carboxylic acids is 1. The van der Waals surface area contributed by atoms with Crippen molar-refractivity contribution in [1.29, 1.82) is 0 Å². The number of hydrogen-bond donors (Lipinski definition) is 1. The molecule has 0 bridgehead atoms. The summed E-state index contributed by atoms with van der Waals surface area (Å²) in [4.78, 5) is 11.0. The third-order valence-electron chi connectivity index (χ3n) is 4.30. The zero-order chi connectivity index (χ0) is 20.8. The third kappa shape index (κ3) is 33.7. The standard InChI is InChI=1S/C19H37NO.C2H6O3S.Na/c1-3-4-5-6-7-8-9-10-11-12-13-14-15-16-17-18-19(21)20-2;1-2-6(3,4)5;/h10-11H,3-9,12-18H2,1-2H3,(H,20,21);2H2,1H3,(H,3,4,5);/q;;+1/p-1/b11-10-;;. The van der Waals surface area contributed by atoms with Gasteiger partial charge in [0.15, 0.2) is 0 Å². The molecule has 0 radical (unpaired) electrons. The minimum absolute atomic E-state index is 0. The Hall–Kier alpha value is 0.120. The zero-order valence-corrected chi connectivity index (χ0v) is 21.6. The van der Waals surface area contributed by atoms with Gasteiger partial charge in [-0.2, -0.15) is 0 Å². The minimum Gasteiger partial charge on any atom is -0.748 e. The maximum atomic E-state index is 11.0. The molecule has 0 aromatic carbocycles. The smallest absolute Gasteiger partial charge is 0.748 e. The van der Waals surface area contributed by atoms with E-state index in [-0.39, 0.29) is 41.2 Å². The van der Waals surface area contributed by atoms with E-state index in [4.69, 9.17) is 0 Å². The van der Waals surface area contributed by atoms with Crippen LogP contribution >= 0.6 is 0 Å². The second-order valence-electron chi connectivity index (χ2n) is 6.85. The van der Waals surface area contributed by atoms with Crippen molar-refractivity contribution in [2.75, 3.05) is 12.8 Å². The Labute approximate surface area is 196 Å². The maximum Gasteiger partial charge on any atom is 1.00 e. The van der Waals surface area contributed by atoms with Gasteiger partial charge >= 0.3 is 29.6 Å². The van der Waals surface area contributed by atoms with E-state index in [1.165, 1.54) is 84.0 Å². The van der Waals surface area contributed by atoms with Crippen molar-refractivity contribution in [3.8, 4) is 0 Å². The van der Waals surface area contributed by atoms with Crippen LogP contribution in [0, 0.1) is 0 Å². The normalized spacial score (nSPS) is 10.9. The van der Waals surface area contributed by atoms with Crippen molar-refractivity contribution in [3.05, 3.63) is 12.2 Å². The van der Waals surface area contributed by atoms with Gasteiger partial charge in [0, 0.05) is 19.2 Å². The molecule has 0 aliphatic heterocycles. The molecule has 0 fully saturated rings. The first kappa shape index (κ1) is 32.8. The predicted octanol–water partition coefficient (Wildman–Crippen LogP) is 2.33. The van der Waals surface area contributed by atoms with Crippen LogP contribution in [-0.2, 0) is 14.9 Å².